The summed E-state index contributed by atoms with van der Waals surface area (Å²) in [4.78, 5) is 27.0. The normalized spacial score (nSPS) is 10.8. The lowest BCUT2D eigenvalue weighted by Crippen LogP contribution is -2.27. The third kappa shape index (κ3) is 5.05. The fraction of sp³-hybridized carbons (Fsp3) is 0.462. The van der Waals surface area contributed by atoms with Crippen molar-refractivity contribution >= 4 is 29.5 Å². The van der Waals surface area contributed by atoms with Crippen LogP contribution in [0.3, 0.4) is 0 Å². The Bertz CT molecular complexity index is 512. The monoisotopic (exact) mass is 300 g/mol. The molecule has 0 saturated heterocycles. The number of nitrogens with one attached hydrogen (secondary N) is 1. The van der Waals surface area contributed by atoms with E-state index in [-0.39, 0.29) is 23.0 Å². The molecule has 1 aromatic heterocycles. The Balaban J connectivity index is 2.79. The van der Waals surface area contributed by atoms with Crippen molar-refractivity contribution in [3.05, 3.63) is 22.8 Å². The van der Waals surface area contributed by atoms with Gasteiger partial charge >= 0.3 is 12.1 Å². The summed E-state index contributed by atoms with van der Waals surface area (Å²) >= 11 is 5.95. The summed E-state index contributed by atoms with van der Waals surface area (Å²) in [6, 6.07) is 1.37. The number of rotatable bonds is 3. The molecule has 6 nitrogen and oxygen atoms in total. The van der Waals surface area contributed by atoms with Crippen molar-refractivity contribution in [2.24, 2.45) is 0 Å². The molecule has 7 heteroatoms. The van der Waals surface area contributed by atoms with E-state index in [1.54, 1.807) is 27.7 Å². The van der Waals surface area contributed by atoms with E-state index in [0.717, 1.165) is 0 Å². The molecular formula is C13H17ClN2O4. The zero-order valence-corrected chi connectivity index (χ0v) is 12.6. The fourth-order valence-electron chi connectivity index (χ4n) is 1.26. The van der Waals surface area contributed by atoms with Crippen molar-refractivity contribution in [1.82, 2.24) is 4.98 Å². The fourth-order valence-corrected chi connectivity index (χ4v) is 1.47. The van der Waals surface area contributed by atoms with Crippen molar-refractivity contribution < 1.29 is 19.1 Å². The number of carbonyl (C=O) groups excluding carboxylic acids is 2. The number of hydrogen-bond acceptors (Lipinski definition) is 5. The number of aromatic nitrogens is 1. The van der Waals surface area contributed by atoms with E-state index in [4.69, 9.17) is 21.1 Å². The van der Waals surface area contributed by atoms with Crippen LogP contribution in [0.25, 0.3) is 0 Å². The molecule has 0 aliphatic heterocycles. The number of anilines is 1. The van der Waals surface area contributed by atoms with Crippen molar-refractivity contribution in [3.8, 4) is 0 Å². The third-order valence-corrected chi connectivity index (χ3v) is 2.26. The van der Waals surface area contributed by atoms with Crippen molar-refractivity contribution in [3.63, 3.8) is 0 Å². The zero-order chi connectivity index (χ0) is 15.3. The van der Waals surface area contributed by atoms with Crippen LogP contribution in [0.5, 0.6) is 0 Å². The molecule has 0 radical (unpaired) electrons. The number of esters is 1. The number of hydrogen-bond donors (Lipinski definition) is 1. The predicted octanol–water partition coefficient (Wildman–Crippen LogP) is 3.26. The number of pyridine rings is 1. The van der Waals surface area contributed by atoms with E-state index in [2.05, 4.69) is 10.3 Å². The van der Waals surface area contributed by atoms with Gasteiger partial charge in [0.05, 0.1) is 17.2 Å². The summed E-state index contributed by atoms with van der Waals surface area (Å²) < 4.78 is 9.89. The SMILES string of the molecule is CCOC(=O)c1cnc(NC(=O)OC(C)(C)C)c(Cl)c1. The minimum absolute atomic E-state index is 0.119. The standard InChI is InChI=1S/C13H17ClN2O4/c1-5-19-11(17)8-6-9(14)10(15-7-8)16-12(18)20-13(2,3)4/h6-7H,5H2,1-4H3,(H,15,16,18). The molecule has 110 valence electrons. The highest BCUT2D eigenvalue weighted by Crippen LogP contribution is 2.21. The Labute approximate surface area is 122 Å². The van der Waals surface area contributed by atoms with Crippen LogP contribution in [0.4, 0.5) is 10.6 Å². The highest BCUT2D eigenvalue weighted by molar-refractivity contribution is 6.33. The van der Waals surface area contributed by atoms with Crippen LogP contribution in [0.1, 0.15) is 38.1 Å². The molecule has 0 aliphatic rings. The Morgan fingerprint density at radius 2 is 2.05 bits per heavy atom. The van der Waals surface area contributed by atoms with Gasteiger partial charge in [-0.1, -0.05) is 11.6 Å². The molecule has 0 spiro atoms. The summed E-state index contributed by atoms with van der Waals surface area (Å²) in [6.07, 6.45) is 0.604. The maximum absolute atomic E-state index is 11.6. The first-order valence-electron chi connectivity index (χ1n) is 6.05. The minimum Gasteiger partial charge on any atom is -0.462 e. The van der Waals surface area contributed by atoms with Crippen LogP contribution >= 0.6 is 11.6 Å². The second-order valence-electron chi connectivity index (χ2n) is 4.90. The largest absolute Gasteiger partial charge is 0.462 e. The molecule has 1 aromatic rings. The highest BCUT2D eigenvalue weighted by Gasteiger charge is 2.18. The maximum atomic E-state index is 11.6. The Morgan fingerprint density at radius 1 is 1.40 bits per heavy atom. The van der Waals surface area contributed by atoms with Crippen molar-refractivity contribution in [2.75, 3.05) is 11.9 Å². The van der Waals surface area contributed by atoms with Crippen LogP contribution in [0, 0.1) is 0 Å². The van der Waals surface area contributed by atoms with Gasteiger partial charge in [0.2, 0.25) is 0 Å². The van der Waals surface area contributed by atoms with Gasteiger partial charge in [-0.15, -0.1) is 0 Å². The molecule has 0 aromatic carbocycles. The number of halogens is 1. The van der Waals surface area contributed by atoms with Gasteiger partial charge < -0.3 is 9.47 Å². The summed E-state index contributed by atoms with van der Waals surface area (Å²) in [5.74, 6) is -0.403. The topological polar surface area (TPSA) is 77.5 Å². The second-order valence-corrected chi connectivity index (χ2v) is 5.31. The molecular weight excluding hydrogens is 284 g/mol. The summed E-state index contributed by atoms with van der Waals surface area (Å²) in [5, 5.41) is 2.53. The van der Waals surface area contributed by atoms with Gasteiger partial charge in [0.25, 0.3) is 0 Å². The summed E-state index contributed by atoms with van der Waals surface area (Å²) in [7, 11) is 0. The average Bonchev–Trinajstić information content (AvgIpc) is 2.29. The van der Waals surface area contributed by atoms with Gasteiger partial charge in [0.1, 0.15) is 5.60 Å². The molecule has 0 unspecified atom stereocenters. The Kier molecular flexibility index (Phi) is 5.33. The number of amides is 1. The van der Waals surface area contributed by atoms with E-state index in [1.165, 1.54) is 12.3 Å². The minimum atomic E-state index is -0.671. The first-order valence-corrected chi connectivity index (χ1v) is 6.43. The second kappa shape index (κ2) is 6.56. The van der Waals surface area contributed by atoms with Crippen LogP contribution < -0.4 is 5.32 Å². The smallest absolute Gasteiger partial charge is 0.413 e. The molecule has 1 rings (SSSR count). The Hall–Kier alpha value is -1.82. The van der Waals surface area contributed by atoms with Crippen molar-refractivity contribution in [1.29, 1.82) is 0 Å². The lowest BCUT2D eigenvalue weighted by atomic mass is 10.2. The molecule has 0 fully saturated rings. The molecule has 1 heterocycles. The maximum Gasteiger partial charge on any atom is 0.413 e. The third-order valence-electron chi connectivity index (χ3n) is 1.97. The Morgan fingerprint density at radius 3 is 2.55 bits per heavy atom. The molecule has 0 atom stereocenters. The zero-order valence-electron chi connectivity index (χ0n) is 11.8. The van der Waals surface area contributed by atoms with Gasteiger partial charge in [-0.05, 0) is 33.8 Å². The van der Waals surface area contributed by atoms with E-state index in [9.17, 15) is 9.59 Å². The summed E-state index contributed by atoms with van der Waals surface area (Å²) in [5.41, 5.74) is -0.409. The molecule has 1 N–H and O–H groups in total. The molecule has 0 saturated carbocycles. The van der Waals surface area contributed by atoms with E-state index in [0.29, 0.717) is 0 Å². The van der Waals surface area contributed by atoms with Gasteiger partial charge in [-0.3, -0.25) is 5.32 Å². The number of nitrogens with zero attached hydrogens (tertiary/aromatic N) is 1. The van der Waals surface area contributed by atoms with Crippen LogP contribution in [-0.4, -0.2) is 29.3 Å². The quantitative estimate of drug-likeness (QED) is 0.867. The van der Waals surface area contributed by atoms with Crippen LogP contribution in [-0.2, 0) is 9.47 Å². The lowest BCUT2D eigenvalue weighted by Gasteiger charge is -2.19. The molecule has 1 amide bonds. The first kappa shape index (κ1) is 16.2. The lowest BCUT2D eigenvalue weighted by molar-refractivity contribution is 0.0525. The van der Waals surface area contributed by atoms with Crippen molar-refractivity contribution in [2.45, 2.75) is 33.3 Å². The van der Waals surface area contributed by atoms with E-state index >= 15 is 0 Å². The van der Waals surface area contributed by atoms with Gasteiger partial charge in [-0.2, -0.15) is 0 Å². The van der Waals surface area contributed by atoms with Crippen LogP contribution in [0.15, 0.2) is 12.3 Å². The van der Waals surface area contributed by atoms with Crippen LogP contribution in [0.2, 0.25) is 5.02 Å². The van der Waals surface area contributed by atoms with Gasteiger partial charge in [0.15, 0.2) is 5.82 Å². The molecule has 0 bridgehead atoms. The van der Waals surface area contributed by atoms with Gasteiger partial charge in [0, 0.05) is 6.20 Å². The number of ether oxygens (including phenoxy) is 2. The highest BCUT2D eigenvalue weighted by atomic mass is 35.5. The molecule has 0 aliphatic carbocycles. The number of carbonyl (C=O) groups is 2. The molecule has 20 heavy (non-hydrogen) atoms. The summed E-state index contributed by atoms with van der Waals surface area (Å²) in [6.45, 7) is 7.18. The average molecular weight is 301 g/mol. The first-order chi connectivity index (χ1) is 9.23. The van der Waals surface area contributed by atoms with E-state index < -0.39 is 17.7 Å². The van der Waals surface area contributed by atoms with Gasteiger partial charge in [-0.25, -0.2) is 14.6 Å². The van der Waals surface area contributed by atoms with E-state index in [1.807, 2.05) is 0 Å². The predicted molar refractivity (Wildman–Crippen MR) is 75.1 cm³/mol.